The Kier molecular flexibility index (Phi) is 3.58. The van der Waals surface area contributed by atoms with Crippen LogP contribution in [0.5, 0.6) is 0 Å². The third-order valence-electron chi connectivity index (χ3n) is 1.81. The minimum absolute atomic E-state index is 0.179. The molecule has 0 fully saturated rings. The van der Waals surface area contributed by atoms with E-state index < -0.39 is 0 Å². The van der Waals surface area contributed by atoms with Gasteiger partial charge in [-0.1, -0.05) is 18.2 Å². The molecule has 0 heterocycles. The van der Waals surface area contributed by atoms with Crippen LogP contribution in [-0.4, -0.2) is 24.1 Å². The summed E-state index contributed by atoms with van der Waals surface area (Å²) < 4.78 is 4.54. The molecule has 14 heavy (non-hydrogen) atoms. The summed E-state index contributed by atoms with van der Waals surface area (Å²) in [5.41, 5.74) is 9.87. The van der Waals surface area contributed by atoms with E-state index in [-0.39, 0.29) is 12.4 Å². The lowest BCUT2D eigenvalue weighted by molar-refractivity contribution is -0.139. The predicted molar refractivity (Wildman–Crippen MR) is 50.9 cm³/mol. The Morgan fingerprint density at radius 1 is 1.57 bits per heavy atom. The van der Waals surface area contributed by atoms with Gasteiger partial charge < -0.3 is 10.3 Å². The maximum atomic E-state index is 11.0. The summed E-state index contributed by atoms with van der Waals surface area (Å²) in [6, 6.07) is 7.16. The van der Waals surface area contributed by atoms with Crippen molar-refractivity contribution in [3.05, 3.63) is 40.9 Å². The highest BCUT2D eigenvalue weighted by Crippen LogP contribution is 2.07. The van der Waals surface area contributed by atoms with Gasteiger partial charge in [-0.3, -0.25) is 4.79 Å². The molecule has 1 aromatic rings. The second-order valence-electron chi connectivity index (χ2n) is 2.70. The van der Waals surface area contributed by atoms with E-state index in [9.17, 15) is 4.79 Å². The van der Waals surface area contributed by atoms with Crippen LogP contribution in [0.4, 0.5) is 0 Å². The third-order valence-corrected chi connectivity index (χ3v) is 1.81. The number of hydrogen-bond acceptors (Lipinski definition) is 2. The first-order valence-electron chi connectivity index (χ1n) is 4.10. The van der Waals surface area contributed by atoms with Crippen molar-refractivity contribution >= 4 is 12.2 Å². The summed E-state index contributed by atoms with van der Waals surface area (Å²) in [7, 11) is 1.34. The van der Waals surface area contributed by atoms with Crippen LogP contribution in [-0.2, 0) is 16.0 Å². The summed E-state index contributed by atoms with van der Waals surface area (Å²) in [5, 5.41) is 0. The van der Waals surface area contributed by atoms with Crippen LogP contribution in [0.3, 0.4) is 0 Å². The number of carbonyl (C=O) groups excluding carboxylic acids is 1. The standard InChI is InChI=1S/C10H10N2O2/c1-14-10(13)6-8-4-2-3-5-9(8)7-12-11/h2-5,7H,6H2,1H3. The van der Waals surface area contributed by atoms with E-state index in [4.69, 9.17) is 5.53 Å². The fourth-order valence-corrected chi connectivity index (χ4v) is 1.11. The van der Waals surface area contributed by atoms with Gasteiger partial charge >= 0.3 is 5.97 Å². The van der Waals surface area contributed by atoms with Gasteiger partial charge in [-0.25, -0.2) is 0 Å². The van der Waals surface area contributed by atoms with Crippen LogP contribution in [0.15, 0.2) is 24.3 Å². The maximum Gasteiger partial charge on any atom is 0.310 e. The number of esters is 1. The second-order valence-corrected chi connectivity index (χ2v) is 2.70. The molecule has 0 N–H and O–H groups in total. The second kappa shape index (κ2) is 4.94. The van der Waals surface area contributed by atoms with Gasteiger partial charge in [0.2, 0.25) is 0 Å². The lowest BCUT2D eigenvalue weighted by Crippen LogP contribution is -2.06. The molecule has 0 radical (unpaired) electrons. The highest BCUT2D eigenvalue weighted by molar-refractivity contribution is 5.81. The van der Waals surface area contributed by atoms with Gasteiger partial charge in [0.05, 0.1) is 19.1 Å². The molecule has 0 aliphatic carbocycles. The molecule has 0 saturated carbocycles. The topological polar surface area (TPSA) is 62.7 Å². The first-order valence-corrected chi connectivity index (χ1v) is 4.10. The number of ether oxygens (including phenoxy) is 1. The molecule has 0 saturated heterocycles. The van der Waals surface area contributed by atoms with Gasteiger partial charge in [-0.15, -0.1) is 0 Å². The summed E-state index contributed by atoms with van der Waals surface area (Å²) in [5.74, 6) is -0.316. The maximum absolute atomic E-state index is 11.0. The molecule has 0 spiro atoms. The summed E-state index contributed by atoms with van der Waals surface area (Å²) in [6.45, 7) is 0. The molecule has 4 nitrogen and oxygen atoms in total. The normalized spacial score (nSPS) is 8.93. The first kappa shape index (κ1) is 10.2. The van der Waals surface area contributed by atoms with Gasteiger partial charge in [0, 0.05) is 0 Å². The zero-order chi connectivity index (χ0) is 10.4. The lowest BCUT2D eigenvalue weighted by Gasteiger charge is -2.00. The number of rotatable bonds is 3. The molecule has 0 unspecified atom stereocenters. The SMILES string of the molecule is COC(=O)Cc1ccccc1C=[N+]=[N-]. The van der Waals surface area contributed by atoms with E-state index in [0.29, 0.717) is 5.56 Å². The van der Waals surface area contributed by atoms with Gasteiger partial charge in [-0.05, 0) is 11.6 Å². The van der Waals surface area contributed by atoms with E-state index in [1.165, 1.54) is 13.3 Å². The largest absolute Gasteiger partial charge is 0.469 e. The molecule has 0 atom stereocenters. The minimum atomic E-state index is -0.316. The van der Waals surface area contributed by atoms with Crippen molar-refractivity contribution in [1.82, 2.24) is 0 Å². The van der Waals surface area contributed by atoms with Crippen molar-refractivity contribution in [2.75, 3.05) is 7.11 Å². The number of nitrogens with zero attached hydrogens (tertiary/aromatic N) is 2. The average molecular weight is 190 g/mol. The van der Waals surface area contributed by atoms with E-state index in [2.05, 4.69) is 9.53 Å². The monoisotopic (exact) mass is 190 g/mol. The summed E-state index contributed by atoms with van der Waals surface area (Å²) in [6.07, 6.45) is 1.47. The molecular formula is C10H10N2O2. The highest BCUT2D eigenvalue weighted by Gasteiger charge is 2.07. The summed E-state index contributed by atoms with van der Waals surface area (Å²) >= 11 is 0. The Hall–Kier alpha value is -1.93. The van der Waals surface area contributed by atoms with Crippen molar-refractivity contribution < 1.29 is 14.3 Å². The zero-order valence-corrected chi connectivity index (χ0v) is 7.80. The Morgan fingerprint density at radius 2 is 2.29 bits per heavy atom. The molecule has 1 aromatic carbocycles. The predicted octanol–water partition coefficient (Wildman–Crippen LogP) is 1.05. The molecule has 72 valence electrons. The molecule has 0 aromatic heterocycles. The molecule has 1 rings (SSSR count). The Balaban J connectivity index is 2.95. The first-order chi connectivity index (χ1) is 6.77. The van der Waals surface area contributed by atoms with Crippen LogP contribution in [0.1, 0.15) is 11.1 Å². The molecule has 0 bridgehead atoms. The third kappa shape index (κ3) is 2.54. The van der Waals surface area contributed by atoms with Crippen molar-refractivity contribution in [2.24, 2.45) is 0 Å². The van der Waals surface area contributed by atoms with Crippen LogP contribution >= 0.6 is 0 Å². The van der Waals surface area contributed by atoms with Crippen LogP contribution in [0, 0.1) is 0 Å². The van der Waals surface area contributed by atoms with Crippen molar-refractivity contribution in [2.45, 2.75) is 6.42 Å². The van der Waals surface area contributed by atoms with Crippen molar-refractivity contribution in [1.29, 1.82) is 0 Å². The van der Waals surface area contributed by atoms with Crippen molar-refractivity contribution in [3.63, 3.8) is 0 Å². The molecule has 0 aliphatic heterocycles. The Morgan fingerprint density at radius 3 is 2.93 bits per heavy atom. The number of carbonyl (C=O) groups is 1. The van der Waals surface area contributed by atoms with E-state index in [1.54, 1.807) is 18.2 Å². The van der Waals surface area contributed by atoms with E-state index in [0.717, 1.165) is 5.56 Å². The van der Waals surface area contributed by atoms with Gasteiger partial charge in [0.25, 0.3) is 6.21 Å². The quantitative estimate of drug-likeness (QED) is 0.309. The Bertz CT molecular complexity index is 381. The summed E-state index contributed by atoms with van der Waals surface area (Å²) in [4.78, 5) is 13.9. The van der Waals surface area contributed by atoms with Crippen LogP contribution in [0.2, 0.25) is 0 Å². The molecule has 0 aliphatic rings. The van der Waals surface area contributed by atoms with Gasteiger partial charge in [0.1, 0.15) is 0 Å². The van der Waals surface area contributed by atoms with Gasteiger partial charge in [-0.2, -0.15) is 4.79 Å². The minimum Gasteiger partial charge on any atom is -0.469 e. The molecule has 4 heteroatoms. The van der Waals surface area contributed by atoms with Crippen LogP contribution in [0.25, 0.3) is 5.53 Å². The smallest absolute Gasteiger partial charge is 0.310 e. The Labute approximate surface area is 81.7 Å². The van der Waals surface area contributed by atoms with Crippen molar-refractivity contribution in [3.8, 4) is 0 Å². The molecular weight excluding hydrogens is 180 g/mol. The fourth-order valence-electron chi connectivity index (χ4n) is 1.11. The zero-order valence-electron chi connectivity index (χ0n) is 7.80. The lowest BCUT2D eigenvalue weighted by atomic mass is 10.1. The van der Waals surface area contributed by atoms with E-state index in [1.807, 2.05) is 6.07 Å². The number of benzene rings is 1. The highest BCUT2D eigenvalue weighted by atomic mass is 16.5. The van der Waals surface area contributed by atoms with Gasteiger partial charge in [0.15, 0.2) is 0 Å². The average Bonchev–Trinajstić information content (AvgIpc) is 2.21. The van der Waals surface area contributed by atoms with E-state index >= 15 is 0 Å². The fraction of sp³-hybridized carbons (Fsp3) is 0.200. The number of methoxy groups -OCH3 is 1. The van der Waals surface area contributed by atoms with Crippen LogP contribution < -0.4 is 0 Å². The number of hydrogen-bond donors (Lipinski definition) is 0. The molecule has 0 amide bonds.